The molecular formula is C20H33N3O2. The van der Waals surface area contributed by atoms with E-state index in [4.69, 9.17) is 14.5 Å². The topological polar surface area (TPSA) is 39.5 Å². The fourth-order valence-corrected chi connectivity index (χ4v) is 4.76. The molecule has 25 heavy (non-hydrogen) atoms. The van der Waals surface area contributed by atoms with Gasteiger partial charge in [0, 0.05) is 39.0 Å². The van der Waals surface area contributed by atoms with Crippen LogP contribution < -0.4 is 0 Å². The minimum Gasteiger partial charge on any atom is -0.378 e. The Bertz CT molecular complexity index is 625. The van der Waals surface area contributed by atoms with E-state index in [1.165, 1.54) is 24.4 Å². The summed E-state index contributed by atoms with van der Waals surface area (Å²) in [4.78, 5) is 7.39. The second kappa shape index (κ2) is 6.67. The summed E-state index contributed by atoms with van der Waals surface area (Å²) in [6, 6.07) is 0.452. The maximum absolute atomic E-state index is 6.25. The zero-order valence-electron chi connectivity index (χ0n) is 16.3. The van der Waals surface area contributed by atoms with E-state index in [2.05, 4.69) is 30.4 Å². The number of likely N-dealkylation sites (tertiary alicyclic amines) is 1. The number of imidazole rings is 1. The molecule has 2 saturated carbocycles. The molecular weight excluding hydrogens is 314 g/mol. The lowest BCUT2D eigenvalue weighted by Gasteiger charge is -2.43. The number of fused-ring (bicyclic) bond motifs is 1. The lowest BCUT2D eigenvalue weighted by molar-refractivity contribution is -0.103. The van der Waals surface area contributed by atoms with Crippen molar-refractivity contribution in [2.45, 2.75) is 76.7 Å². The quantitative estimate of drug-likeness (QED) is 0.793. The number of hydrogen-bond donors (Lipinski definition) is 0. The van der Waals surface area contributed by atoms with Crippen LogP contribution >= 0.6 is 0 Å². The zero-order valence-corrected chi connectivity index (χ0v) is 16.3. The molecule has 0 amide bonds. The molecule has 0 bridgehead atoms. The van der Waals surface area contributed by atoms with Crippen molar-refractivity contribution in [3.8, 4) is 0 Å². The second-order valence-electron chi connectivity index (χ2n) is 8.44. The fraction of sp³-hybridized carbons (Fsp3) is 0.850. The second-order valence-corrected chi connectivity index (χ2v) is 8.44. The van der Waals surface area contributed by atoms with Crippen molar-refractivity contribution in [2.75, 3.05) is 20.3 Å². The molecule has 4 rings (SSSR count). The smallest absolute Gasteiger partial charge is 0.123 e. The van der Waals surface area contributed by atoms with Crippen LogP contribution in [0, 0.1) is 19.8 Å². The molecule has 2 aliphatic carbocycles. The van der Waals surface area contributed by atoms with Gasteiger partial charge in [0.15, 0.2) is 0 Å². The third kappa shape index (κ3) is 3.26. The standard InChI is InChI=1S/C20H33N3O2/c1-14-15(2)22(3)19(21-14)12-23-10-9-20(24-4)8-7-17(11-18(20)23)25-13-16-5-6-16/h16-18H,5-13H2,1-4H3/t17-,18+,20-/m1/s1. The first-order valence-corrected chi connectivity index (χ1v) is 9.92. The summed E-state index contributed by atoms with van der Waals surface area (Å²) in [5.41, 5.74) is 2.43. The van der Waals surface area contributed by atoms with E-state index in [-0.39, 0.29) is 5.60 Å². The Morgan fingerprint density at radius 2 is 2.00 bits per heavy atom. The van der Waals surface area contributed by atoms with Gasteiger partial charge in [-0.05, 0) is 58.3 Å². The molecule has 3 aliphatic rings. The van der Waals surface area contributed by atoms with Gasteiger partial charge < -0.3 is 14.0 Å². The summed E-state index contributed by atoms with van der Waals surface area (Å²) >= 11 is 0. The fourth-order valence-electron chi connectivity index (χ4n) is 4.76. The lowest BCUT2D eigenvalue weighted by Crippen LogP contribution is -2.51. The summed E-state index contributed by atoms with van der Waals surface area (Å²) in [6.45, 7) is 7.23. The molecule has 5 heteroatoms. The summed E-state index contributed by atoms with van der Waals surface area (Å²) in [5, 5.41) is 0. The summed E-state index contributed by atoms with van der Waals surface area (Å²) < 4.78 is 14.6. The Hall–Kier alpha value is -0.910. The van der Waals surface area contributed by atoms with Gasteiger partial charge in [-0.2, -0.15) is 0 Å². The number of aryl methyl sites for hydroxylation is 1. The van der Waals surface area contributed by atoms with Crippen LogP contribution in [0.15, 0.2) is 0 Å². The minimum atomic E-state index is 0.0225. The van der Waals surface area contributed by atoms with Crippen molar-refractivity contribution in [1.82, 2.24) is 14.5 Å². The maximum Gasteiger partial charge on any atom is 0.123 e. The number of hydrogen-bond acceptors (Lipinski definition) is 4. The number of aromatic nitrogens is 2. The monoisotopic (exact) mass is 347 g/mol. The summed E-state index contributed by atoms with van der Waals surface area (Å²) in [7, 11) is 4.03. The molecule has 5 nitrogen and oxygen atoms in total. The lowest BCUT2D eigenvalue weighted by atomic mass is 9.79. The first-order chi connectivity index (χ1) is 12.0. The van der Waals surface area contributed by atoms with Crippen LogP contribution in [0.3, 0.4) is 0 Å². The maximum atomic E-state index is 6.25. The Kier molecular flexibility index (Phi) is 4.67. The van der Waals surface area contributed by atoms with Crippen LogP contribution in [0.2, 0.25) is 0 Å². The molecule has 1 aromatic rings. The number of nitrogens with zero attached hydrogens (tertiary/aromatic N) is 3. The third-order valence-corrected chi connectivity index (χ3v) is 6.97. The molecule has 0 N–H and O–H groups in total. The minimum absolute atomic E-state index is 0.0225. The van der Waals surface area contributed by atoms with E-state index in [1.807, 2.05) is 7.11 Å². The van der Waals surface area contributed by atoms with Gasteiger partial charge in [0.05, 0.1) is 23.9 Å². The average Bonchev–Trinajstić information content (AvgIpc) is 3.34. The van der Waals surface area contributed by atoms with Crippen molar-refractivity contribution in [3.05, 3.63) is 17.2 Å². The van der Waals surface area contributed by atoms with Crippen LogP contribution in [0.4, 0.5) is 0 Å². The SMILES string of the molecule is CO[C@@]12CC[C@@H](OCC3CC3)C[C@@H]1N(Cc1nc(C)c(C)n1C)CC2. The van der Waals surface area contributed by atoms with Crippen LogP contribution in [-0.2, 0) is 23.1 Å². The summed E-state index contributed by atoms with van der Waals surface area (Å²) in [6.07, 6.45) is 7.63. The predicted octanol–water partition coefficient (Wildman–Crippen LogP) is 2.98. The number of rotatable bonds is 6. The van der Waals surface area contributed by atoms with Crippen molar-refractivity contribution in [1.29, 1.82) is 0 Å². The van der Waals surface area contributed by atoms with Gasteiger partial charge in [-0.15, -0.1) is 0 Å². The largest absolute Gasteiger partial charge is 0.378 e. The molecule has 1 aromatic heterocycles. The molecule has 1 saturated heterocycles. The molecule has 0 aromatic carbocycles. The Labute approximate surface area is 151 Å². The van der Waals surface area contributed by atoms with E-state index >= 15 is 0 Å². The molecule has 0 unspecified atom stereocenters. The molecule has 0 spiro atoms. The van der Waals surface area contributed by atoms with Gasteiger partial charge in [-0.1, -0.05) is 0 Å². The normalized spacial score (nSPS) is 33.0. The van der Waals surface area contributed by atoms with Crippen molar-refractivity contribution < 1.29 is 9.47 Å². The van der Waals surface area contributed by atoms with Crippen LogP contribution in [0.1, 0.15) is 55.7 Å². The van der Waals surface area contributed by atoms with Crippen LogP contribution in [0.25, 0.3) is 0 Å². The van der Waals surface area contributed by atoms with Gasteiger partial charge >= 0.3 is 0 Å². The van der Waals surface area contributed by atoms with E-state index in [0.29, 0.717) is 12.1 Å². The van der Waals surface area contributed by atoms with Gasteiger partial charge in [0.1, 0.15) is 5.82 Å². The summed E-state index contributed by atoms with van der Waals surface area (Å²) in [5.74, 6) is 2.01. The van der Waals surface area contributed by atoms with Crippen LogP contribution in [0.5, 0.6) is 0 Å². The van der Waals surface area contributed by atoms with Gasteiger partial charge in [-0.3, -0.25) is 4.90 Å². The number of methoxy groups -OCH3 is 1. The molecule has 1 aliphatic heterocycles. The van der Waals surface area contributed by atoms with Crippen molar-refractivity contribution in [2.24, 2.45) is 13.0 Å². The van der Waals surface area contributed by atoms with E-state index in [1.54, 1.807) is 0 Å². The van der Waals surface area contributed by atoms with E-state index < -0.39 is 0 Å². The van der Waals surface area contributed by atoms with Gasteiger partial charge in [0.2, 0.25) is 0 Å². The Morgan fingerprint density at radius 1 is 1.20 bits per heavy atom. The Morgan fingerprint density at radius 3 is 2.64 bits per heavy atom. The van der Waals surface area contributed by atoms with Crippen molar-refractivity contribution in [3.63, 3.8) is 0 Å². The predicted molar refractivity (Wildman–Crippen MR) is 97.6 cm³/mol. The van der Waals surface area contributed by atoms with E-state index in [9.17, 15) is 0 Å². The molecule has 2 heterocycles. The van der Waals surface area contributed by atoms with Crippen LogP contribution in [-0.4, -0.2) is 52.5 Å². The van der Waals surface area contributed by atoms with Gasteiger partial charge in [0.25, 0.3) is 0 Å². The van der Waals surface area contributed by atoms with E-state index in [0.717, 1.165) is 57.0 Å². The molecule has 0 radical (unpaired) electrons. The zero-order chi connectivity index (χ0) is 17.6. The Balaban J connectivity index is 1.47. The number of ether oxygens (including phenoxy) is 2. The van der Waals surface area contributed by atoms with Crippen molar-refractivity contribution >= 4 is 0 Å². The highest BCUT2D eigenvalue weighted by atomic mass is 16.5. The molecule has 140 valence electrons. The first kappa shape index (κ1) is 17.5. The highest BCUT2D eigenvalue weighted by Crippen LogP contribution is 2.44. The highest BCUT2D eigenvalue weighted by Gasteiger charge is 2.51. The molecule has 3 fully saturated rings. The average molecular weight is 348 g/mol. The third-order valence-electron chi connectivity index (χ3n) is 6.97. The first-order valence-electron chi connectivity index (χ1n) is 9.92. The molecule has 3 atom stereocenters. The highest BCUT2D eigenvalue weighted by molar-refractivity contribution is 5.15. The van der Waals surface area contributed by atoms with Gasteiger partial charge in [-0.25, -0.2) is 4.98 Å².